The third-order valence-electron chi connectivity index (χ3n) is 3.54. The molecule has 3 N–H and O–H groups in total. The van der Waals surface area contributed by atoms with E-state index in [1.54, 1.807) is 25.4 Å². The summed E-state index contributed by atoms with van der Waals surface area (Å²) in [7, 11) is 0. The van der Waals surface area contributed by atoms with E-state index in [4.69, 9.17) is 4.52 Å². The predicted octanol–water partition coefficient (Wildman–Crippen LogP) is 1.32. The molecule has 0 amide bonds. The Hall–Kier alpha value is -2.84. The molecule has 3 aromatic heterocycles. The average Bonchev–Trinajstić information content (AvgIpc) is 3.08. The van der Waals surface area contributed by atoms with Gasteiger partial charge in [0.05, 0.1) is 18.8 Å². The molecule has 0 aliphatic heterocycles. The van der Waals surface area contributed by atoms with Crippen LogP contribution in [-0.2, 0) is 19.7 Å². The molecule has 0 radical (unpaired) electrons. The molecule has 0 saturated heterocycles. The number of aromatic hydroxyl groups is 1. The summed E-state index contributed by atoms with van der Waals surface area (Å²) in [5.41, 5.74) is 2.33. The van der Waals surface area contributed by atoms with Gasteiger partial charge in [-0.15, -0.1) is 0 Å². The lowest BCUT2D eigenvalue weighted by Gasteiger charge is -2.11. The van der Waals surface area contributed by atoms with Gasteiger partial charge in [0.2, 0.25) is 11.7 Å². The Kier molecular flexibility index (Phi) is 4.78. The SMILES string of the molecule is Cc1ncc(CO)c(CNCc2nc(-c3ccccn3)no2)c1O. The molecule has 3 rings (SSSR count). The minimum absolute atomic E-state index is 0.0775. The van der Waals surface area contributed by atoms with Gasteiger partial charge in [-0.2, -0.15) is 4.98 Å². The number of pyridine rings is 2. The van der Waals surface area contributed by atoms with Crippen LogP contribution in [0.25, 0.3) is 11.5 Å². The zero-order valence-corrected chi connectivity index (χ0v) is 13.1. The Morgan fingerprint density at radius 2 is 2.08 bits per heavy atom. The summed E-state index contributed by atoms with van der Waals surface area (Å²) in [5.74, 6) is 0.909. The number of hydrogen-bond donors (Lipinski definition) is 3. The quantitative estimate of drug-likeness (QED) is 0.620. The molecular formula is C16H17N5O3. The Labute approximate surface area is 138 Å². The fourth-order valence-electron chi connectivity index (χ4n) is 2.24. The summed E-state index contributed by atoms with van der Waals surface area (Å²) >= 11 is 0. The number of nitrogens with one attached hydrogen (secondary N) is 1. The van der Waals surface area contributed by atoms with Gasteiger partial charge in [0.15, 0.2) is 0 Å². The molecule has 0 bridgehead atoms. The largest absolute Gasteiger partial charge is 0.506 e. The zero-order chi connectivity index (χ0) is 16.9. The highest BCUT2D eigenvalue weighted by atomic mass is 16.5. The van der Waals surface area contributed by atoms with Crippen LogP contribution in [0.1, 0.15) is 22.7 Å². The molecule has 24 heavy (non-hydrogen) atoms. The molecule has 124 valence electrons. The first-order valence-corrected chi connectivity index (χ1v) is 7.41. The van der Waals surface area contributed by atoms with E-state index in [9.17, 15) is 10.2 Å². The van der Waals surface area contributed by atoms with E-state index in [-0.39, 0.29) is 12.4 Å². The second-order valence-corrected chi connectivity index (χ2v) is 5.18. The molecule has 3 aromatic rings. The number of aliphatic hydroxyl groups excluding tert-OH is 1. The highest BCUT2D eigenvalue weighted by Crippen LogP contribution is 2.23. The third-order valence-corrected chi connectivity index (χ3v) is 3.54. The van der Waals surface area contributed by atoms with Crippen molar-refractivity contribution in [3.05, 3.63) is 53.3 Å². The van der Waals surface area contributed by atoms with Crippen molar-refractivity contribution in [3.8, 4) is 17.3 Å². The van der Waals surface area contributed by atoms with Gasteiger partial charge in [-0.3, -0.25) is 9.97 Å². The summed E-state index contributed by atoms with van der Waals surface area (Å²) in [6.45, 7) is 2.18. The second kappa shape index (κ2) is 7.16. The van der Waals surface area contributed by atoms with Crippen LogP contribution in [0.15, 0.2) is 35.1 Å². The van der Waals surface area contributed by atoms with E-state index < -0.39 is 0 Å². The number of hydrogen-bond acceptors (Lipinski definition) is 8. The van der Waals surface area contributed by atoms with Crippen molar-refractivity contribution in [2.75, 3.05) is 0 Å². The Morgan fingerprint density at radius 3 is 2.83 bits per heavy atom. The molecule has 0 saturated carbocycles. The average molecular weight is 327 g/mol. The number of rotatable bonds is 6. The van der Waals surface area contributed by atoms with Crippen molar-refractivity contribution in [3.63, 3.8) is 0 Å². The highest BCUT2D eigenvalue weighted by Gasteiger charge is 2.13. The molecule has 8 heteroatoms. The van der Waals surface area contributed by atoms with Crippen molar-refractivity contribution in [1.29, 1.82) is 0 Å². The highest BCUT2D eigenvalue weighted by molar-refractivity contribution is 5.47. The van der Waals surface area contributed by atoms with Crippen molar-refractivity contribution in [2.24, 2.45) is 0 Å². The van der Waals surface area contributed by atoms with Crippen LogP contribution in [0, 0.1) is 6.92 Å². The minimum Gasteiger partial charge on any atom is -0.506 e. The fourth-order valence-corrected chi connectivity index (χ4v) is 2.24. The van der Waals surface area contributed by atoms with E-state index in [1.165, 1.54) is 0 Å². The summed E-state index contributed by atoms with van der Waals surface area (Å²) in [5, 5.41) is 26.4. The molecule has 0 unspecified atom stereocenters. The molecular weight excluding hydrogens is 310 g/mol. The van der Waals surface area contributed by atoms with E-state index in [2.05, 4.69) is 25.4 Å². The van der Waals surface area contributed by atoms with Gasteiger partial charge >= 0.3 is 0 Å². The third kappa shape index (κ3) is 3.39. The second-order valence-electron chi connectivity index (χ2n) is 5.18. The summed E-state index contributed by atoms with van der Waals surface area (Å²) < 4.78 is 5.18. The monoisotopic (exact) mass is 327 g/mol. The summed E-state index contributed by atoms with van der Waals surface area (Å²) in [6.07, 6.45) is 3.21. The fraction of sp³-hybridized carbons (Fsp3) is 0.250. The standard InChI is InChI=1S/C16H17N5O3/c1-10-15(23)12(11(9-22)6-19-10)7-17-8-14-20-16(21-24-14)13-4-2-3-5-18-13/h2-6,17,22-23H,7-9H2,1H3. The van der Waals surface area contributed by atoms with Crippen LogP contribution in [0.4, 0.5) is 0 Å². The Morgan fingerprint density at radius 1 is 1.21 bits per heavy atom. The predicted molar refractivity (Wildman–Crippen MR) is 84.6 cm³/mol. The van der Waals surface area contributed by atoms with Crippen molar-refractivity contribution >= 4 is 0 Å². The smallest absolute Gasteiger partial charge is 0.240 e. The maximum Gasteiger partial charge on any atom is 0.240 e. The maximum absolute atomic E-state index is 10.1. The van der Waals surface area contributed by atoms with Crippen molar-refractivity contribution in [1.82, 2.24) is 25.4 Å². The van der Waals surface area contributed by atoms with Crippen LogP contribution >= 0.6 is 0 Å². The van der Waals surface area contributed by atoms with Crippen molar-refractivity contribution in [2.45, 2.75) is 26.6 Å². The normalized spacial score (nSPS) is 10.9. The van der Waals surface area contributed by atoms with Crippen LogP contribution in [-0.4, -0.2) is 30.3 Å². The van der Waals surface area contributed by atoms with E-state index in [1.807, 2.05) is 12.1 Å². The first-order valence-electron chi connectivity index (χ1n) is 7.41. The van der Waals surface area contributed by atoms with E-state index in [0.29, 0.717) is 47.3 Å². The van der Waals surface area contributed by atoms with Gasteiger partial charge < -0.3 is 20.1 Å². The van der Waals surface area contributed by atoms with Gasteiger partial charge in [-0.1, -0.05) is 11.2 Å². The van der Waals surface area contributed by atoms with E-state index >= 15 is 0 Å². The molecule has 8 nitrogen and oxygen atoms in total. The number of aromatic nitrogens is 4. The first-order chi connectivity index (χ1) is 11.7. The number of aliphatic hydroxyl groups is 1. The minimum atomic E-state index is -0.192. The van der Waals surface area contributed by atoms with Gasteiger partial charge in [-0.25, -0.2) is 0 Å². The molecule has 0 aromatic carbocycles. The lowest BCUT2D eigenvalue weighted by atomic mass is 10.1. The molecule has 0 aliphatic carbocycles. The van der Waals surface area contributed by atoms with Gasteiger partial charge in [0.25, 0.3) is 0 Å². The zero-order valence-electron chi connectivity index (χ0n) is 13.1. The molecule has 0 fully saturated rings. The maximum atomic E-state index is 10.1. The van der Waals surface area contributed by atoms with Crippen LogP contribution in [0.2, 0.25) is 0 Å². The molecule has 0 atom stereocenters. The first kappa shape index (κ1) is 16.0. The van der Waals surface area contributed by atoms with Crippen molar-refractivity contribution < 1.29 is 14.7 Å². The Balaban J connectivity index is 1.66. The topological polar surface area (TPSA) is 117 Å². The number of aryl methyl sites for hydroxylation is 1. The van der Waals surface area contributed by atoms with Crippen LogP contribution < -0.4 is 5.32 Å². The molecule has 3 heterocycles. The summed E-state index contributed by atoms with van der Waals surface area (Å²) in [4.78, 5) is 12.5. The van der Waals surface area contributed by atoms with Crippen LogP contribution in [0.3, 0.4) is 0 Å². The lowest BCUT2D eigenvalue weighted by molar-refractivity contribution is 0.278. The Bertz CT molecular complexity index is 820. The van der Waals surface area contributed by atoms with E-state index in [0.717, 1.165) is 0 Å². The number of nitrogens with zero attached hydrogens (tertiary/aromatic N) is 4. The van der Waals surface area contributed by atoms with Gasteiger partial charge in [-0.05, 0) is 19.1 Å². The molecule has 0 spiro atoms. The summed E-state index contributed by atoms with van der Waals surface area (Å²) in [6, 6.07) is 5.46. The van der Waals surface area contributed by atoms with Crippen LogP contribution in [0.5, 0.6) is 5.75 Å². The lowest BCUT2D eigenvalue weighted by Crippen LogP contribution is -2.15. The van der Waals surface area contributed by atoms with Gasteiger partial charge in [0.1, 0.15) is 11.4 Å². The van der Waals surface area contributed by atoms with Gasteiger partial charge in [0, 0.05) is 30.1 Å². The molecule has 0 aliphatic rings.